The average molecular weight is 378 g/mol. The average Bonchev–Trinajstić information content (AvgIpc) is 3.39. The highest BCUT2D eigenvalue weighted by molar-refractivity contribution is 5.94. The van der Waals surface area contributed by atoms with Crippen molar-refractivity contribution in [3.63, 3.8) is 0 Å². The van der Waals surface area contributed by atoms with Crippen LogP contribution in [0.2, 0.25) is 0 Å². The molecule has 1 N–H and O–H groups in total. The van der Waals surface area contributed by atoms with Crippen LogP contribution < -0.4 is 10.2 Å². The first-order valence-corrected chi connectivity index (χ1v) is 10.0. The molecule has 0 saturated carbocycles. The fourth-order valence-corrected chi connectivity index (χ4v) is 3.84. The van der Waals surface area contributed by atoms with Crippen LogP contribution in [0, 0.1) is 0 Å². The number of nitrogens with one attached hydrogen (secondary N) is 1. The highest BCUT2D eigenvalue weighted by Crippen LogP contribution is 2.18. The van der Waals surface area contributed by atoms with Crippen molar-refractivity contribution in [2.45, 2.75) is 38.8 Å². The number of hydrogen-bond acceptors (Lipinski definition) is 4. The maximum Gasteiger partial charge on any atom is 0.251 e. The quantitative estimate of drug-likeness (QED) is 0.839. The number of carbonyl (C=O) groups is 2. The predicted molar refractivity (Wildman–Crippen MR) is 108 cm³/mol. The molecular formula is C22H26N4O2. The third kappa shape index (κ3) is 4.32. The van der Waals surface area contributed by atoms with Gasteiger partial charge in [-0.05, 0) is 48.6 Å². The number of likely N-dealkylation sites (tertiary alicyclic amines) is 1. The molecule has 6 heteroatoms. The lowest BCUT2D eigenvalue weighted by atomic mass is 10.1. The van der Waals surface area contributed by atoms with Gasteiger partial charge in [-0.2, -0.15) is 0 Å². The van der Waals surface area contributed by atoms with Crippen LogP contribution in [-0.2, 0) is 17.9 Å². The van der Waals surface area contributed by atoms with Crippen molar-refractivity contribution in [3.05, 3.63) is 59.3 Å². The van der Waals surface area contributed by atoms with Crippen LogP contribution in [0.4, 0.5) is 5.82 Å². The number of anilines is 1. The zero-order chi connectivity index (χ0) is 19.3. The molecule has 4 rings (SSSR count). The van der Waals surface area contributed by atoms with E-state index in [0.717, 1.165) is 43.0 Å². The number of benzene rings is 1. The van der Waals surface area contributed by atoms with Crippen molar-refractivity contribution in [2.75, 3.05) is 24.5 Å². The maximum absolute atomic E-state index is 12.5. The van der Waals surface area contributed by atoms with E-state index in [9.17, 15) is 9.59 Å². The van der Waals surface area contributed by atoms with E-state index < -0.39 is 0 Å². The molecule has 2 saturated heterocycles. The van der Waals surface area contributed by atoms with Crippen LogP contribution in [0.3, 0.4) is 0 Å². The zero-order valence-electron chi connectivity index (χ0n) is 16.1. The second-order valence-electron chi connectivity index (χ2n) is 7.52. The number of nitrogens with zero attached hydrogens (tertiary/aromatic N) is 3. The number of rotatable bonds is 6. The zero-order valence-corrected chi connectivity index (χ0v) is 16.1. The third-order valence-corrected chi connectivity index (χ3v) is 5.43. The molecule has 0 bridgehead atoms. The van der Waals surface area contributed by atoms with Gasteiger partial charge >= 0.3 is 0 Å². The van der Waals surface area contributed by atoms with E-state index in [2.05, 4.69) is 15.2 Å². The van der Waals surface area contributed by atoms with E-state index in [1.807, 2.05) is 41.4 Å². The molecule has 0 spiro atoms. The Morgan fingerprint density at radius 2 is 1.89 bits per heavy atom. The van der Waals surface area contributed by atoms with E-state index >= 15 is 0 Å². The smallest absolute Gasteiger partial charge is 0.251 e. The van der Waals surface area contributed by atoms with Crippen LogP contribution in [-0.4, -0.2) is 41.3 Å². The molecule has 2 fully saturated rings. The molecule has 1 aromatic carbocycles. The van der Waals surface area contributed by atoms with Crippen LogP contribution in [0.5, 0.6) is 0 Å². The Hall–Kier alpha value is -2.89. The van der Waals surface area contributed by atoms with E-state index in [1.165, 1.54) is 12.8 Å². The second-order valence-corrected chi connectivity index (χ2v) is 7.52. The van der Waals surface area contributed by atoms with Crippen molar-refractivity contribution >= 4 is 17.6 Å². The molecule has 0 radical (unpaired) electrons. The molecule has 2 aromatic rings. The first kappa shape index (κ1) is 18.5. The van der Waals surface area contributed by atoms with Crippen molar-refractivity contribution in [1.82, 2.24) is 15.2 Å². The maximum atomic E-state index is 12.5. The van der Waals surface area contributed by atoms with Gasteiger partial charge in [0, 0.05) is 50.9 Å². The molecule has 2 aliphatic rings. The van der Waals surface area contributed by atoms with Gasteiger partial charge in [0.1, 0.15) is 5.82 Å². The van der Waals surface area contributed by atoms with Gasteiger partial charge in [-0.3, -0.25) is 9.59 Å². The van der Waals surface area contributed by atoms with Gasteiger partial charge in [0.05, 0.1) is 0 Å². The second kappa shape index (κ2) is 8.42. The standard InChI is InChI=1S/C22H26N4O2/c27-21-7-4-12-26(21)16-17-5-3-6-19(13-17)22(28)24-15-18-8-9-20(23-14-18)25-10-1-2-11-25/h3,5-6,8-9,13-14H,1-2,4,7,10-12,15-16H2,(H,24,28). The Morgan fingerprint density at radius 1 is 1.04 bits per heavy atom. The Kier molecular flexibility index (Phi) is 5.55. The van der Waals surface area contributed by atoms with Crippen molar-refractivity contribution in [1.29, 1.82) is 0 Å². The van der Waals surface area contributed by atoms with Crippen molar-refractivity contribution in [3.8, 4) is 0 Å². The number of aromatic nitrogens is 1. The third-order valence-electron chi connectivity index (χ3n) is 5.43. The van der Waals surface area contributed by atoms with E-state index in [0.29, 0.717) is 25.1 Å². The summed E-state index contributed by atoms with van der Waals surface area (Å²) in [6.07, 6.45) is 5.84. The summed E-state index contributed by atoms with van der Waals surface area (Å²) in [5.41, 5.74) is 2.58. The van der Waals surface area contributed by atoms with Crippen LogP contribution in [0.1, 0.15) is 47.2 Å². The number of amides is 2. The summed E-state index contributed by atoms with van der Waals surface area (Å²) < 4.78 is 0. The summed E-state index contributed by atoms with van der Waals surface area (Å²) >= 11 is 0. The summed E-state index contributed by atoms with van der Waals surface area (Å²) in [7, 11) is 0. The fourth-order valence-electron chi connectivity index (χ4n) is 3.84. The van der Waals surface area contributed by atoms with Crippen molar-refractivity contribution in [2.24, 2.45) is 0 Å². The molecule has 1 aromatic heterocycles. The number of pyridine rings is 1. The fraction of sp³-hybridized carbons (Fsp3) is 0.409. The largest absolute Gasteiger partial charge is 0.357 e. The number of hydrogen-bond donors (Lipinski definition) is 1. The molecule has 28 heavy (non-hydrogen) atoms. The van der Waals surface area contributed by atoms with Gasteiger partial charge in [-0.1, -0.05) is 18.2 Å². The molecule has 0 atom stereocenters. The molecule has 2 amide bonds. The van der Waals surface area contributed by atoms with Gasteiger partial charge in [0.15, 0.2) is 0 Å². The summed E-state index contributed by atoms with van der Waals surface area (Å²) in [6, 6.07) is 11.6. The molecular weight excluding hydrogens is 352 g/mol. The Balaban J connectivity index is 1.33. The van der Waals surface area contributed by atoms with Gasteiger partial charge in [-0.15, -0.1) is 0 Å². The lowest BCUT2D eigenvalue weighted by Gasteiger charge is -2.16. The summed E-state index contributed by atoms with van der Waals surface area (Å²) in [6.45, 7) is 3.96. The Bertz CT molecular complexity index is 844. The summed E-state index contributed by atoms with van der Waals surface area (Å²) in [5.74, 6) is 1.09. The molecule has 3 heterocycles. The first-order chi connectivity index (χ1) is 13.7. The molecule has 0 aliphatic carbocycles. The summed E-state index contributed by atoms with van der Waals surface area (Å²) in [4.78, 5) is 33.0. The Morgan fingerprint density at radius 3 is 2.61 bits per heavy atom. The monoisotopic (exact) mass is 378 g/mol. The lowest BCUT2D eigenvalue weighted by Crippen LogP contribution is -2.25. The van der Waals surface area contributed by atoms with Crippen molar-refractivity contribution < 1.29 is 9.59 Å². The summed E-state index contributed by atoms with van der Waals surface area (Å²) in [5, 5.41) is 2.96. The van der Waals surface area contributed by atoms with Crippen LogP contribution in [0.15, 0.2) is 42.6 Å². The predicted octanol–water partition coefficient (Wildman–Crippen LogP) is 2.73. The topological polar surface area (TPSA) is 65.5 Å². The van der Waals surface area contributed by atoms with Gasteiger partial charge < -0.3 is 15.1 Å². The van der Waals surface area contributed by atoms with Gasteiger partial charge in [0.2, 0.25) is 5.91 Å². The molecule has 2 aliphatic heterocycles. The molecule has 6 nitrogen and oxygen atoms in total. The minimum Gasteiger partial charge on any atom is -0.357 e. The molecule has 146 valence electrons. The van der Waals surface area contributed by atoms with Gasteiger partial charge in [0.25, 0.3) is 5.91 Å². The minimum absolute atomic E-state index is 0.113. The van der Waals surface area contributed by atoms with Crippen LogP contribution in [0.25, 0.3) is 0 Å². The highest BCUT2D eigenvalue weighted by atomic mass is 16.2. The van der Waals surface area contributed by atoms with E-state index in [1.54, 1.807) is 6.07 Å². The molecule has 0 unspecified atom stereocenters. The minimum atomic E-state index is -0.113. The highest BCUT2D eigenvalue weighted by Gasteiger charge is 2.20. The normalized spacial score (nSPS) is 16.6. The SMILES string of the molecule is O=C(NCc1ccc(N2CCCC2)nc1)c1cccc(CN2CCCC2=O)c1. The van der Waals surface area contributed by atoms with E-state index in [4.69, 9.17) is 0 Å². The Labute approximate surface area is 165 Å². The number of carbonyl (C=O) groups excluding carboxylic acids is 2. The van der Waals surface area contributed by atoms with E-state index in [-0.39, 0.29) is 11.8 Å². The van der Waals surface area contributed by atoms with Gasteiger partial charge in [-0.25, -0.2) is 4.98 Å². The first-order valence-electron chi connectivity index (χ1n) is 10.0. The van der Waals surface area contributed by atoms with Crippen LogP contribution >= 0.6 is 0 Å². The lowest BCUT2D eigenvalue weighted by molar-refractivity contribution is -0.128.